The van der Waals surface area contributed by atoms with Crippen LogP contribution < -0.4 is 5.73 Å². The number of anilines is 1. The maximum atomic E-state index is 13.0. The molecule has 1 rings (SSSR count). The number of benzene rings is 1. The third kappa shape index (κ3) is 3.43. The minimum atomic E-state index is -0.602. The number of carbonyl (C=O) groups excluding carboxylic acids is 1. The molecule has 0 saturated carbocycles. The first kappa shape index (κ1) is 11.8. The normalized spacial score (nSPS) is 10.0. The second-order valence-corrected chi connectivity index (χ2v) is 3.85. The van der Waals surface area contributed by atoms with Gasteiger partial charge in [-0.25, -0.2) is 9.18 Å². The van der Waals surface area contributed by atoms with Gasteiger partial charge in [0.05, 0.1) is 11.3 Å². The monoisotopic (exact) mass is 229 g/mol. The largest absolute Gasteiger partial charge is 0.461 e. The lowest BCUT2D eigenvalue weighted by atomic mass is 10.2. The number of rotatable bonds is 4. The molecule has 2 N–H and O–H groups in total. The number of thioether (sulfide) groups is 1. The number of ether oxygens (including phenoxy) is 1. The quantitative estimate of drug-likeness (QED) is 0.487. The summed E-state index contributed by atoms with van der Waals surface area (Å²) in [5.41, 5.74) is 5.49. The first-order chi connectivity index (χ1) is 7.15. The first-order valence-electron chi connectivity index (χ1n) is 4.36. The van der Waals surface area contributed by atoms with E-state index in [0.717, 1.165) is 11.8 Å². The summed E-state index contributed by atoms with van der Waals surface area (Å²) < 4.78 is 17.9. The van der Waals surface area contributed by atoms with Gasteiger partial charge in [0.1, 0.15) is 12.4 Å². The highest BCUT2D eigenvalue weighted by Crippen LogP contribution is 2.12. The van der Waals surface area contributed by atoms with E-state index in [1.807, 2.05) is 6.26 Å². The summed E-state index contributed by atoms with van der Waals surface area (Å²) in [4.78, 5) is 11.3. The minimum absolute atomic E-state index is 0.0238. The molecule has 0 aliphatic rings. The number of hydrogen-bond donors (Lipinski definition) is 1. The molecule has 0 saturated heterocycles. The minimum Gasteiger partial charge on any atom is -0.461 e. The van der Waals surface area contributed by atoms with Gasteiger partial charge in [-0.05, 0) is 24.5 Å². The van der Waals surface area contributed by atoms with E-state index in [-0.39, 0.29) is 11.3 Å². The topological polar surface area (TPSA) is 52.3 Å². The zero-order chi connectivity index (χ0) is 11.3. The van der Waals surface area contributed by atoms with Crippen LogP contribution in [0.5, 0.6) is 0 Å². The Morgan fingerprint density at radius 1 is 1.60 bits per heavy atom. The van der Waals surface area contributed by atoms with Crippen LogP contribution in [0.1, 0.15) is 10.4 Å². The lowest BCUT2D eigenvalue weighted by Gasteiger charge is -2.04. The van der Waals surface area contributed by atoms with Crippen LogP contribution >= 0.6 is 11.8 Å². The van der Waals surface area contributed by atoms with Crippen molar-refractivity contribution < 1.29 is 13.9 Å². The van der Waals surface area contributed by atoms with E-state index < -0.39 is 11.8 Å². The molecule has 0 radical (unpaired) electrons. The molecule has 5 heteroatoms. The van der Waals surface area contributed by atoms with Gasteiger partial charge in [0.2, 0.25) is 0 Å². The van der Waals surface area contributed by atoms with Crippen LogP contribution in [-0.4, -0.2) is 24.6 Å². The molecular formula is C10H12FNO2S. The smallest absolute Gasteiger partial charge is 0.338 e. The zero-order valence-electron chi connectivity index (χ0n) is 8.33. The van der Waals surface area contributed by atoms with Crippen molar-refractivity contribution in [2.24, 2.45) is 0 Å². The summed E-state index contributed by atoms with van der Waals surface area (Å²) in [6, 6.07) is 3.87. The molecular weight excluding hydrogens is 217 g/mol. The van der Waals surface area contributed by atoms with E-state index in [4.69, 9.17) is 10.5 Å². The van der Waals surface area contributed by atoms with Gasteiger partial charge in [0.15, 0.2) is 0 Å². The van der Waals surface area contributed by atoms with Crippen LogP contribution in [0.4, 0.5) is 10.1 Å². The second kappa shape index (κ2) is 5.60. The average Bonchev–Trinajstić information content (AvgIpc) is 2.22. The zero-order valence-corrected chi connectivity index (χ0v) is 9.14. The van der Waals surface area contributed by atoms with E-state index in [2.05, 4.69) is 0 Å². The van der Waals surface area contributed by atoms with Gasteiger partial charge in [0.25, 0.3) is 0 Å². The number of nitrogens with two attached hydrogens (primary N) is 1. The Kier molecular flexibility index (Phi) is 4.42. The SMILES string of the molecule is CSCCOC(=O)c1ccc(N)c(F)c1. The van der Waals surface area contributed by atoms with Gasteiger partial charge in [-0.1, -0.05) is 0 Å². The van der Waals surface area contributed by atoms with Crippen molar-refractivity contribution in [1.29, 1.82) is 0 Å². The molecule has 1 aromatic carbocycles. The van der Waals surface area contributed by atoms with Crippen LogP contribution in [0.25, 0.3) is 0 Å². The molecule has 0 amide bonds. The molecule has 0 aliphatic heterocycles. The van der Waals surface area contributed by atoms with Crippen LogP contribution in [-0.2, 0) is 4.74 Å². The molecule has 0 aromatic heterocycles. The number of halogens is 1. The highest BCUT2D eigenvalue weighted by atomic mass is 32.2. The third-order valence-electron chi connectivity index (χ3n) is 1.76. The van der Waals surface area contributed by atoms with Gasteiger partial charge in [-0.3, -0.25) is 0 Å². The maximum Gasteiger partial charge on any atom is 0.338 e. The number of hydrogen-bond acceptors (Lipinski definition) is 4. The Morgan fingerprint density at radius 3 is 2.93 bits per heavy atom. The lowest BCUT2D eigenvalue weighted by molar-refractivity contribution is 0.0530. The van der Waals surface area contributed by atoms with Crippen molar-refractivity contribution in [3.05, 3.63) is 29.6 Å². The predicted molar refractivity (Wildman–Crippen MR) is 59.5 cm³/mol. The summed E-state index contributed by atoms with van der Waals surface area (Å²) >= 11 is 1.57. The van der Waals surface area contributed by atoms with E-state index in [1.165, 1.54) is 12.1 Å². The third-order valence-corrected chi connectivity index (χ3v) is 2.33. The number of carbonyl (C=O) groups is 1. The van der Waals surface area contributed by atoms with Crippen molar-refractivity contribution in [3.63, 3.8) is 0 Å². The number of esters is 1. The molecule has 0 fully saturated rings. The van der Waals surface area contributed by atoms with Crippen molar-refractivity contribution in [3.8, 4) is 0 Å². The van der Waals surface area contributed by atoms with Gasteiger partial charge in [-0.15, -0.1) is 0 Å². The molecule has 15 heavy (non-hydrogen) atoms. The molecule has 1 aromatic rings. The second-order valence-electron chi connectivity index (χ2n) is 2.87. The Labute approximate surface area is 91.8 Å². The highest BCUT2D eigenvalue weighted by molar-refractivity contribution is 7.98. The predicted octanol–water partition coefficient (Wildman–Crippen LogP) is 1.93. The molecule has 0 spiro atoms. The van der Waals surface area contributed by atoms with Gasteiger partial charge in [0, 0.05) is 5.75 Å². The van der Waals surface area contributed by atoms with E-state index in [0.29, 0.717) is 6.61 Å². The van der Waals surface area contributed by atoms with Gasteiger partial charge in [-0.2, -0.15) is 11.8 Å². The molecule has 0 unspecified atom stereocenters. The summed E-state index contributed by atoms with van der Waals surface area (Å²) in [7, 11) is 0. The molecule has 82 valence electrons. The standard InChI is InChI=1S/C10H12FNO2S/c1-15-5-4-14-10(13)7-2-3-9(12)8(11)6-7/h2-3,6H,4-5,12H2,1H3. The Bertz CT molecular complexity index is 357. The van der Waals surface area contributed by atoms with Crippen LogP contribution in [0.3, 0.4) is 0 Å². The summed E-state index contributed by atoms with van der Waals surface area (Å²) in [5, 5.41) is 0. The Balaban J connectivity index is 2.62. The maximum absolute atomic E-state index is 13.0. The van der Waals surface area contributed by atoms with Crippen molar-refractivity contribution in [2.75, 3.05) is 24.3 Å². The summed E-state index contributed by atoms with van der Waals surface area (Å²) in [5.74, 6) is -0.402. The highest BCUT2D eigenvalue weighted by Gasteiger charge is 2.09. The van der Waals surface area contributed by atoms with Gasteiger partial charge >= 0.3 is 5.97 Å². The molecule has 0 heterocycles. The average molecular weight is 229 g/mol. The van der Waals surface area contributed by atoms with E-state index >= 15 is 0 Å². The molecule has 0 atom stereocenters. The van der Waals surface area contributed by atoms with Crippen molar-refractivity contribution in [2.45, 2.75) is 0 Å². The van der Waals surface area contributed by atoms with Crippen molar-refractivity contribution >= 4 is 23.4 Å². The Hall–Kier alpha value is -1.23. The molecule has 3 nitrogen and oxygen atoms in total. The van der Waals surface area contributed by atoms with Crippen molar-refractivity contribution in [1.82, 2.24) is 0 Å². The fourth-order valence-electron chi connectivity index (χ4n) is 0.955. The molecule has 0 aliphatic carbocycles. The fourth-order valence-corrected chi connectivity index (χ4v) is 1.21. The van der Waals surface area contributed by atoms with Crippen LogP contribution in [0.2, 0.25) is 0 Å². The summed E-state index contributed by atoms with van der Waals surface area (Å²) in [6.45, 7) is 0.325. The summed E-state index contributed by atoms with van der Waals surface area (Å²) in [6.07, 6.45) is 1.91. The van der Waals surface area contributed by atoms with Gasteiger partial charge < -0.3 is 10.5 Å². The van der Waals surface area contributed by atoms with Crippen LogP contribution in [0.15, 0.2) is 18.2 Å². The van der Waals surface area contributed by atoms with E-state index in [9.17, 15) is 9.18 Å². The lowest BCUT2D eigenvalue weighted by Crippen LogP contribution is -2.08. The molecule has 0 bridgehead atoms. The fraction of sp³-hybridized carbons (Fsp3) is 0.300. The first-order valence-corrected chi connectivity index (χ1v) is 5.75. The Morgan fingerprint density at radius 2 is 2.33 bits per heavy atom. The van der Waals surface area contributed by atoms with E-state index in [1.54, 1.807) is 11.8 Å². The number of nitrogen functional groups attached to an aromatic ring is 1. The van der Waals surface area contributed by atoms with Crippen LogP contribution in [0, 0.1) is 5.82 Å².